The van der Waals surface area contributed by atoms with Crippen molar-refractivity contribution in [3.63, 3.8) is 0 Å². The summed E-state index contributed by atoms with van der Waals surface area (Å²) in [5, 5.41) is 1.57. The Morgan fingerprint density at radius 1 is 1.12 bits per heavy atom. The molecule has 5 heteroatoms. The van der Waals surface area contributed by atoms with E-state index in [0.29, 0.717) is 5.02 Å². The predicted molar refractivity (Wildman–Crippen MR) is 62.1 cm³/mol. The number of pyridine rings is 1. The monoisotopic (exact) mass is 230 g/mol. The highest BCUT2D eigenvalue weighted by Crippen LogP contribution is 2.31. The first kappa shape index (κ1) is 9.30. The van der Waals surface area contributed by atoms with Gasteiger partial charge >= 0.3 is 0 Å². The summed E-state index contributed by atoms with van der Waals surface area (Å²) >= 11 is 6.30. The van der Waals surface area contributed by atoms with Crippen LogP contribution in [0.1, 0.15) is 0 Å². The SMILES string of the molecule is Clc1c(-c2cncnc2)cnc2[nH]ccc12. The molecule has 3 heterocycles. The second-order valence-electron chi connectivity index (χ2n) is 3.35. The second kappa shape index (κ2) is 3.57. The van der Waals surface area contributed by atoms with Crippen LogP contribution in [-0.2, 0) is 0 Å². The molecule has 1 N–H and O–H groups in total. The van der Waals surface area contributed by atoms with Crippen molar-refractivity contribution in [3.05, 3.63) is 42.2 Å². The molecule has 3 aromatic rings. The number of nitrogens with zero attached hydrogens (tertiary/aromatic N) is 3. The van der Waals surface area contributed by atoms with Crippen molar-refractivity contribution >= 4 is 22.6 Å². The normalized spacial score (nSPS) is 10.8. The maximum Gasteiger partial charge on any atom is 0.138 e. The number of aromatic nitrogens is 4. The van der Waals surface area contributed by atoms with E-state index >= 15 is 0 Å². The molecule has 0 aromatic carbocycles. The number of rotatable bonds is 1. The largest absolute Gasteiger partial charge is 0.346 e. The maximum absolute atomic E-state index is 6.30. The van der Waals surface area contributed by atoms with Crippen molar-refractivity contribution in [2.45, 2.75) is 0 Å². The molecule has 78 valence electrons. The first-order valence-electron chi connectivity index (χ1n) is 4.73. The lowest BCUT2D eigenvalue weighted by Crippen LogP contribution is -1.86. The topological polar surface area (TPSA) is 54.5 Å². The van der Waals surface area contributed by atoms with Crippen LogP contribution in [0.5, 0.6) is 0 Å². The first-order chi connectivity index (χ1) is 7.86. The van der Waals surface area contributed by atoms with Crippen LogP contribution in [0.4, 0.5) is 0 Å². The van der Waals surface area contributed by atoms with E-state index in [9.17, 15) is 0 Å². The molecule has 0 aliphatic heterocycles. The van der Waals surface area contributed by atoms with Crippen LogP contribution in [0.2, 0.25) is 5.02 Å². The maximum atomic E-state index is 6.30. The van der Waals surface area contributed by atoms with Crippen LogP contribution < -0.4 is 0 Å². The fraction of sp³-hybridized carbons (Fsp3) is 0. The molecule has 3 rings (SSSR count). The first-order valence-corrected chi connectivity index (χ1v) is 5.11. The van der Waals surface area contributed by atoms with Crippen LogP contribution in [0.15, 0.2) is 37.2 Å². The van der Waals surface area contributed by atoms with Gasteiger partial charge < -0.3 is 4.98 Å². The van der Waals surface area contributed by atoms with E-state index in [-0.39, 0.29) is 0 Å². The minimum atomic E-state index is 0.668. The molecule has 0 aliphatic carbocycles. The Morgan fingerprint density at radius 2 is 1.94 bits per heavy atom. The van der Waals surface area contributed by atoms with Gasteiger partial charge in [0.25, 0.3) is 0 Å². The van der Waals surface area contributed by atoms with E-state index in [1.54, 1.807) is 18.6 Å². The fourth-order valence-electron chi connectivity index (χ4n) is 1.61. The van der Waals surface area contributed by atoms with Gasteiger partial charge in [-0.05, 0) is 6.07 Å². The van der Waals surface area contributed by atoms with E-state index in [1.807, 2.05) is 12.3 Å². The third kappa shape index (κ3) is 1.35. The summed E-state index contributed by atoms with van der Waals surface area (Å²) in [4.78, 5) is 15.2. The Labute approximate surface area is 96.3 Å². The molecular weight excluding hydrogens is 224 g/mol. The van der Waals surface area contributed by atoms with Gasteiger partial charge in [0.2, 0.25) is 0 Å². The fourth-order valence-corrected chi connectivity index (χ4v) is 1.93. The van der Waals surface area contributed by atoms with Gasteiger partial charge in [0, 0.05) is 41.3 Å². The summed E-state index contributed by atoms with van der Waals surface area (Å²) in [6.45, 7) is 0. The number of H-pyrrole nitrogens is 1. The third-order valence-electron chi connectivity index (χ3n) is 2.39. The average molecular weight is 231 g/mol. The van der Waals surface area contributed by atoms with Gasteiger partial charge in [-0.15, -0.1) is 0 Å². The Hall–Kier alpha value is -1.94. The van der Waals surface area contributed by atoms with Crippen molar-refractivity contribution in [2.75, 3.05) is 0 Å². The minimum absolute atomic E-state index is 0.668. The number of hydrogen-bond acceptors (Lipinski definition) is 3. The third-order valence-corrected chi connectivity index (χ3v) is 2.80. The van der Waals surface area contributed by atoms with Crippen LogP contribution in [0.25, 0.3) is 22.2 Å². The van der Waals surface area contributed by atoms with Gasteiger partial charge in [-0.2, -0.15) is 0 Å². The second-order valence-corrected chi connectivity index (χ2v) is 3.73. The van der Waals surface area contributed by atoms with E-state index in [2.05, 4.69) is 19.9 Å². The number of fused-ring (bicyclic) bond motifs is 1. The molecule has 16 heavy (non-hydrogen) atoms. The van der Waals surface area contributed by atoms with Crippen LogP contribution in [0.3, 0.4) is 0 Å². The van der Waals surface area contributed by atoms with E-state index < -0.39 is 0 Å². The smallest absolute Gasteiger partial charge is 0.138 e. The molecule has 0 atom stereocenters. The molecule has 0 radical (unpaired) electrons. The molecule has 0 saturated carbocycles. The molecule has 3 aromatic heterocycles. The van der Waals surface area contributed by atoms with Gasteiger partial charge in [0.1, 0.15) is 12.0 Å². The number of nitrogens with one attached hydrogen (secondary N) is 1. The number of aromatic amines is 1. The molecule has 0 aliphatic rings. The Bertz CT molecular complexity index is 633. The standard InChI is InChI=1S/C11H7ClN4/c12-10-8-1-2-15-11(8)16-5-9(10)7-3-13-6-14-4-7/h1-6H,(H,15,16). The number of hydrogen-bond donors (Lipinski definition) is 1. The highest BCUT2D eigenvalue weighted by Gasteiger charge is 2.09. The zero-order valence-corrected chi connectivity index (χ0v) is 8.94. The summed E-state index contributed by atoms with van der Waals surface area (Å²) in [6, 6.07) is 1.90. The van der Waals surface area contributed by atoms with Crippen LogP contribution >= 0.6 is 11.6 Å². The summed E-state index contributed by atoms with van der Waals surface area (Å²) in [7, 11) is 0. The summed E-state index contributed by atoms with van der Waals surface area (Å²) in [6.07, 6.45) is 8.46. The molecular formula is C11H7ClN4. The van der Waals surface area contributed by atoms with Crippen molar-refractivity contribution in [1.82, 2.24) is 19.9 Å². The molecule has 0 amide bonds. The summed E-state index contributed by atoms with van der Waals surface area (Å²) in [5.74, 6) is 0. The van der Waals surface area contributed by atoms with Gasteiger partial charge in [0.15, 0.2) is 0 Å². The van der Waals surface area contributed by atoms with Crippen molar-refractivity contribution in [2.24, 2.45) is 0 Å². The van der Waals surface area contributed by atoms with Crippen molar-refractivity contribution in [3.8, 4) is 11.1 Å². The van der Waals surface area contributed by atoms with Crippen molar-refractivity contribution in [1.29, 1.82) is 0 Å². The molecule has 0 saturated heterocycles. The molecule has 0 unspecified atom stereocenters. The Morgan fingerprint density at radius 3 is 2.75 bits per heavy atom. The quantitative estimate of drug-likeness (QED) is 0.699. The zero-order valence-electron chi connectivity index (χ0n) is 8.18. The highest BCUT2D eigenvalue weighted by atomic mass is 35.5. The zero-order chi connectivity index (χ0) is 11.0. The lowest BCUT2D eigenvalue weighted by atomic mass is 10.1. The molecule has 0 spiro atoms. The van der Waals surface area contributed by atoms with Crippen LogP contribution in [0, 0.1) is 0 Å². The summed E-state index contributed by atoms with van der Waals surface area (Å²) < 4.78 is 0. The summed E-state index contributed by atoms with van der Waals surface area (Å²) in [5.41, 5.74) is 2.49. The van der Waals surface area contributed by atoms with Gasteiger partial charge in [-0.1, -0.05) is 11.6 Å². The van der Waals surface area contributed by atoms with E-state index in [0.717, 1.165) is 22.2 Å². The van der Waals surface area contributed by atoms with E-state index in [4.69, 9.17) is 11.6 Å². The van der Waals surface area contributed by atoms with Gasteiger partial charge in [0.05, 0.1) is 5.02 Å². The van der Waals surface area contributed by atoms with E-state index in [1.165, 1.54) is 6.33 Å². The average Bonchev–Trinajstić information content (AvgIpc) is 2.80. The van der Waals surface area contributed by atoms with Gasteiger partial charge in [-0.25, -0.2) is 15.0 Å². The Kier molecular flexibility index (Phi) is 2.08. The lowest BCUT2D eigenvalue weighted by molar-refractivity contribution is 1.17. The minimum Gasteiger partial charge on any atom is -0.346 e. The predicted octanol–water partition coefficient (Wildman–Crippen LogP) is 2.67. The van der Waals surface area contributed by atoms with Gasteiger partial charge in [-0.3, -0.25) is 0 Å². The highest BCUT2D eigenvalue weighted by molar-refractivity contribution is 6.37. The molecule has 4 nitrogen and oxygen atoms in total. The number of halogens is 1. The van der Waals surface area contributed by atoms with Crippen LogP contribution in [-0.4, -0.2) is 19.9 Å². The lowest BCUT2D eigenvalue weighted by Gasteiger charge is -2.03. The molecule has 0 fully saturated rings. The Balaban J connectivity index is 2.28. The van der Waals surface area contributed by atoms with Crippen molar-refractivity contribution < 1.29 is 0 Å². The molecule has 0 bridgehead atoms.